The molecule has 0 unspecified atom stereocenters. The summed E-state index contributed by atoms with van der Waals surface area (Å²) >= 11 is 0. The molecule has 3 nitrogen and oxygen atoms in total. The standard InChI is InChI=1S/C11H10O3.Rb/c1-8(11(13)14)7-10(12)9-5-3-2-4-6-9;/h2-7H,1H3,(H,13,14);/q;+1/p-1. The van der Waals surface area contributed by atoms with Crippen LogP contribution in [0.2, 0.25) is 0 Å². The predicted molar refractivity (Wildman–Crippen MR) is 49.5 cm³/mol. The van der Waals surface area contributed by atoms with E-state index in [-0.39, 0.29) is 69.5 Å². The molecule has 0 aromatic heterocycles. The van der Waals surface area contributed by atoms with E-state index in [9.17, 15) is 14.7 Å². The number of hydrogen-bond donors (Lipinski definition) is 0. The van der Waals surface area contributed by atoms with E-state index in [1.807, 2.05) is 0 Å². The van der Waals surface area contributed by atoms with Crippen molar-refractivity contribution in [2.45, 2.75) is 6.92 Å². The summed E-state index contributed by atoms with van der Waals surface area (Å²) in [5.41, 5.74) is 0.395. The number of benzene rings is 1. The Hall–Kier alpha value is -0.0948. The normalized spacial score (nSPS) is 10.3. The number of carboxylic acid groups (broad SMARTS) is 1. The molecular formula is C11H9O3Rb. The van der Waals surface area contributed by atoms with E-state index in [0.717, 1.165) is 6.08 Å². The molecule has 0 radical (unpaired) electrons. The average Bonchev–Trinajstić information content (AvgIpc) is 2.19. The number of carboxylic acids is 1. The summed E-state index contributed by atoms with van der Waals surface area (Å²) < 4.78 is 0. The second-order valence-corrected chi connectivity index (χ2v) is 2.85. The van der Waals surface area contributed by atoms with Crippen molar-refractivity contribution in [1.82, 2.24) is 0 Å². The van der Waals surface area contributed by atoms with Gasteiger partial charge in [-0.3, -0.25) is 4.79 Å². The van der Waals surface area contributed by atoms with Crippen molar-refractivity contribution in [2.75, 3.05) is 0 Å². The number of aliphatic carboxylic acids is 1. The van der Waals surface area contributed by atoms with Gasteiger partial charge in [0, 0.05) is 5.56 Å². The van der Waals surface area contributed by atoms with Crippen LogP contribution >= 0.6 is 0 Å². The Bertz CT molecular complexity index is 382. The van der Waals surface area contributed by atoms with Gasteiger partial charge in [0.2, 0.25) is 0 Å². The molecule has 1 aromatic carbocycles. The van der Waals surface area contributed by atoms with Gasteiger partial charge in [-0.15, -0.1) is 0 Å². The minimum absolute atomic E-state index is 0. The van der Waals surface area contributed by atoms with Crippen molar-refractivity contribution in [3.05, 3.63) is 47.5 Å². The van der Waals surface area contributed by atoms with Gasteiger partial charge in [-0.05, 0) is 18.6 Å². The summed E-state index contributed by atoms with van der Waals surface area (Å²) in [5, 5.41) is 10.3. The molecule has 0 aliphatic rings. The number of allylic oxidation sites excluding steroid dienone is 1. The van der Waals surface area contributed by atoms with Gasteiger partial charge >= 0.3 is 58.2 Å². The van der Waals surface area contributed by atoms with Gasteiger partial charge < -0.3 is 9.90 Å². The van der Waals surface area contributed by atoms with Crippen LogP contribution in [-0.2, 0) is 4.79 Å². The predicted octanol–water partition coefficient (Wildman–Crippen LogP) is -2.43. The maximum absolute atomic E-state index is 11.4. The van der Waals surface area contributed by atoms with Crippen molar-refractivity contribution in [2.24, 2.45) is 0 Å². The molecule has 0 heterocycles. The molecular weight excluding hydrogens is 266 g/mol. The van der Waals surface area contributed by atoms with Crippen LogP contribution in [0.5, 0.6) is 0 Å². The van der Waals surface area contributed by atoms with E-state index in [0.29, 0.717) is 5.56 Å². The van der Waals surface area contributed by atoms with Gasteiger partial charge in [-0.25, -0.2) is 0 Å². The van der Waals surface area contributed by atoms with E-state index < -0.39 is 5.97 Å². The third-order valence-corrected chi connectivity index (χ3v) is 1.73. The number of carbonyl (C=O) groups is 2. The SMILES string of the molecule is CC(=CC(=O)c1ccccc1)C(=O)[O-].[Rb+]. The van der Waals surface area contributed by atoms with Gasteiger partial charge in [0.25, 0.3) is 0 Å². The minimum Gasteiger partial charge on any atom is -0.545 e. The first-order valence-electron chi connectivity index (χ1n) is 4.10. The first-order valence-corrected chi connectivity index (χ1v) is 4.10. The van der Waals surface area contributed by atoms with Gasteiger partial charge in [0.1, 0.15) is 0 Å². The van der Waals surface area contributed by atoms with E-state index in [1.165, 1.54) is 6.92 Å². The Labute approximate surface area is 137 Å². The van der Waals surface area contributed by atoms with E-state index >= 15 is 0 Å². The summed E-state index contributed by atoms with van der Waals surface area (Å²) in [6.07, 6.45) is 1.06. The molecule has 0 bridgehead atoms. The van der Waals surface area contributed by atoms with E-state index in [1.54, 1.807) is 30.3 Å². The Morgan fingerprint density at radius 1 is 1.20 bits per heavy atom. The fourth-order valence-electron chi connectivity index (χ4n) is 0.941. The largest absolute Gasteiger partial charge is 1.00 e. The molecule has 4 heteroatoms. The summed E-state index contributed by atoms with van der Waals surface area (Å²) in [7, 11) is 0. The zero-order chi connectivity index (χ0) is 10.6. The van der Waals surface area contributed by atoms with Gasteiger partial charge in [-0.2, -0.15) is 0 Å². The zero-order valence-electron chi connectivity index (χ0n) is 8.69. The molecule has 0 spiro atoms. The van der Waals surface area contributed by atoms with Crippen LogP contribution in [0.1, 0.15) is 17.3 Å². The number of hydrogen-bond acceptors (Lipinski definition) is 3. The summed E-state index contributed by atoms with van der Waals surface area (Å²) in [6.45, 7) is 1.33. The van der Waals surface area contributed by atoms with Crippen LogP contribution in [0.15, 0.2) is 42.0 Å². The molecule has 0 aliphatic carbocycles. The maximum atomic E-state index is 11.4. The molecule has 1 rings (SSSR count). The fourth-order valence-corrected chi connectivity index (χ4v) is 0.941. The van der Waals surface area contributed by atoms with Crippen LogP contribution in [0.3, 0.4) is 0 Å². The van der Waals surface area contributed by atoms with E-state index in [4.69, 9.17) is 0 Å². The van der Waals surface area contributed by atoms with Crippen molar-refractivity contribution in [3.8, 4) is 0 Å². The zero-order valence-corrected chi connectivity index (χ0v) is 13.6. The molecule has 0 fully saturated rings. The summed E-state index contributed by atoms with van der Waals surface area (Å²) in [5.74, 6) is -1.65. The van der Waals surface area contributed by atoms with Gasteiger partial charge in [0.05, 0.1) is 5.97 Å². The summed E-state index contributed by atoms with van der Waals surface area (Å²) in [4.78, 5) is 21.7. The Morgan fingerprint density at radius 2 is 1.73 bits per heavy atom. The number of carbonyl (C=O) groups excluding carboxylic acids is 2. The molecule has 0 saturated heterocycles. The third kappa shape index (κ3) is 4.97. The second-order valence-electron chi connectivity index (χ2n) is 2.85. The maximum Gasteiger partial charge on any atom is 1.00 e. The van der Waals surface area contributed by atoms with Crippen molar-refractivity contribution >= 4 is 11.8 Å². The van der Waals surface area contributed by atoms with Crippen LogP contribution in [-0.4, -0.2) is 11.8 Å². The molecule has 0 saturated carbocycles. The van der Waals surface area contributed by atoms with Crippen LogP contribution in [0.25, 0.3) is 0 Å². The first-order chi connectivity index (χ1) is 6.61. The summed E-state index contributed by atoms with van der Waals surface area (Å²) in [6, 6.07) is 8.47. The number of rotatable bonds is 3. The van der Waals surface area contributed by atoms with Crippen molar-refractivity contribution < 1.29 is 72.9 Å². The molecule has 72 valence electrons. The molecule has 0 amide bonds. The smallest absolute Gasteiger partial charge is 0.545 e. The van der Waals surface area contributed by atoms with Gasteiger partial charge in [-0.1, -0.05) is 30.3 Å². The second kappa shape index (κ2) is 7.22. The fraction of sp³-hybridized carbons (Fsp3) is 0.0909. The molecule has 0 aliphatic heterocycles. The molecule has 1 aromatic rings. The van der Waals surface area contributed by atoms with Gasteiger partial charge in [0.15, 0.2) is 5.78 Å². The van der Waals surface area contributed by atoms with Crippen LogP contribution in [0, 0.1) is 0 Å². The third-order valence-electron chi connectivity index (χ3n) is 1.73. The van der Waals surface area contributed by atoms with Crippen LogP contribution < -0.4 is 63.3 Å². The minimum atomic E-state index is -1.32. The van der Waals surface area contributed by atoms with Crippen LogP contribution in [0.4, 0.5) is 0 Å². The molecule has 0 N–H and O–H groups in total. The molecule has 15 heavy (non-hydrogen) atoms. The quantitative estimate of drug-likeness (QED) is 0.455. The first kappa shape index (κ1) is 14.9. The monoisotopic (exact) mass is 274 g/mol. The Balaban J connectivity index is 0.00000196. The number of ketones is 1. The van der Waals surface area contributed by atoms with E-state index in [2.05, 4.69) is 0 Å². The van der Waals surface area contributed by atoms with Crippen molar-refractivity contribution in [3.63, 3.8) is 0 Å². The Kier molecular flexibility index (Phi) is 7.18. The molecule has 0 atom stereocenters. The average molecular weight is 275 g/mol. The topological polar surface area (TPSA) is 57.2 Å². The van der Waals surface area contributed by atoms with Crippen molar-refractivity contribution in [1.29, 1.82) is 0 Å². The Morgan fingerprint density at radius 3 is 2.20 bits per heavy atom.